The lowest BCUT2D eigenvalue weighted by Gasteiger charge is -2.06. The van der Waals surface area contributed by atoms with Crippen molar-refractivity contribution in [3.63, 3.8) is 0 Å². The van der Waals surface area contributed by atoms with Crippen molar-refractivity contribution in [1.82, 2.24) is 0 Å². The third-order valence-electron chi connectivity index (χ3n) is 5.07. The highest BCUT2D eigenvalue weighted by Gasteiger charge is 2.40. The van der Waals surface area contributed by atoms with Crippen LogP contribution in [0.5, 0.6) is 0 Å². The zero-order chi connectivity index (χ0) is 25.2. The maximum atomic E-state index is 11.8. The van der Waals surface area contributed by atoms with Gasteiger partial charge in [0.25, 0.3) is 0 Å². The van der Waals surface area contributed by atoms with E-state index in [1.165, 1.54) is 57.8 Å². The van der Waals surface area contributed by atoms with Gasteiger partial charge in [-0.3, -0.25) is 4.79 Å². The molecule has 0 amide bonds. The molecular weight excluding hydrogens is 473 g/mol. The number of esters is 1. The lowest BCUT2D eigenvalue weighted by molar-refractivity contribution is -0.199. The third kappa shape index (κ3) is 31.4. The number of carboxylic acids is 1. The minimum Gasteiger partial charge on any atom is -0.481 e. The first kappa shape index (κ1) is 34.6. The summed E-state index contributed by atoms with van der Waals surface area (Å²) in [6.07, 6.45) is 14.3. The van der Waals surface area contributed by atoms with Gasteiger partial charge in [-0.2, -0.15) is 38.4 Å². The lowest BCUT2D eigenvalue weighted by Crippen LogP contribution is -2.25. The van der Waals surface area contributed by atoms with Crippen molar-refractivity contribution in [1.29, 1.82) is 0 Å². The molecule has 0 radical (unpaired) electrons. The van der Waals surface area contributed by atoms with Crippen molar-refractivity contribution >= 4 is 37.2 Å². The molecule has 1 N–H and O–H groups in total. The molecule has 0 aromatic heterocycles. The second-order valence-electron chi connectivity index (χ2n) is 8.24. The number of thiol groups is 2. The molecule has 0 bridgehead atoms. The highest BCUT2D eigenvalue weighted by Crippen LogP contribution is 2.17. The summed E-state index contributed by atoms with van der Waals surface area (Å²) < 4.78 is 39.4. The van der Waals surface area contributed by atoms with E-state index in [1.54, 1.807) is 0 Å². The maximum Gasteiger partial charge on any atom is 0.490 e. The summed E-state index contributed by atoms with van der Waals surface area (Å²) in [5.41, 5.74) is 0. The van der Waals surface area contributed by atoms with Crippen LogP contribution in [0.15, 0.2) is 0 Å². The van der Waals surface area contributed by atoms with Crippen molar-refractivity contribution in [2.75, 3.05) is 18.1 Å². The summed E-state index contributed by atoms with van der Waals surface area (Å²) in [5, 5.41) is 8.41. The smallest absolute Gasteiger partial charge is 0.481 e. The first-order chi connectivity index (χ1) is 15.8. The fourth-order valence-electron chi connectivity index (χ4n) is 3.15. The molecule has 0 aliphatic rings. The number of carbonyl (C=O) groups excluding carboxylic acids is 1. The van der Waals surface area contributed by atoms with Gasteiger partial charge in [0.05, 0.1) is 6.61 Å². The van der Waals surface area contributed by atoms with Gasteiger partial charge in [-0.1, -0.05) is 83.5 Å². The average molecular weight is 519 g/mol. The predicted molar refractivity (Wildman–Crippen MR) is 135 cm³/mol. The summed E-state index contributed by atoms with van der Waals surface area (Å²) >= 11 is 8.29. The Morgan fingerprint density at radius 3 is 1.27 bits per heavy atom. The molecule has 0 unspecified atom stereocenters. The first-order valence-corrected chi connectivity index (χ1v) is 13.7. The number of aliphatic carboxylic acids is 1. The molecule has 0 saturated heterocycles. The topological polar surface area (TPSA) is 63.6 Å². The number of ether oxygens (including phenoxy) is 1. The Morgan fingerprint density at radius 1 is 0.606 bits per heavy atom. The van der Waals surface area contributed by atoms with E-state index in [2.05, 4.69) is 30.0 Å². The van der Waals surface area contributed by atoms with E-state index in [4.69, 9.17) is 5.11 Å². The Kier molecular flexibility index (Phi) is 27.3. The van der Waals surface area contributed by atoms with Crippen LogP contribution in [0.1, 0.15) is 116 Å². The van der Waals surface area contributed by atoms with Gasteiger partial charge in [0.2, 0.25) is 0 Å². The summed E-state index contributed by atoms with van der Waals surface area (Å²) in [7, 11) is 0. The van der Waals surface area contributed by atoms with Crippen LogP contribution in [-0.2, 0) is 14.3 Å². The van der Waals surface area contributed by atoms with Crippen LogP contribution in [0.25, 0.3) is 0 Å². The Bertz CT molecular complexity index is 450. The van der Waals surface area contributed by atoms with Gasteiger partial charge in [0.15, 0.2) is 0 Å². The van der Waals surface area contributed by atoms with Crippen LogP contribution in [0, 0.1) is 0 Å². The Morgan fingerprint density at radius 2 is 0.939 bits per heavy atom. The molecule has 0 rings (SSSR count). The summed E-state index contributed by atoms with van der Waals surface area (Å²) in [6, 6.07) is 0. The Hall–Kier alpha value is -0.570. The van der Waals surface area contributed by atoms with Crippen LogP contribution >= 0.6 is 25.3 Å². The van der Waals surface area contributed by atoms with Gasteiger partial charge in [-0.05, 0) is 37.2 Å². The first-order valence-electron chi connectivity index (χ1n) is 12.4. The molecule has 198 valence electrons. The molecule has 0 spiro atoms. The van der Waals surface area contributed by atoms with Crippen molar-refractivity contribution in [2.45, 2.75) is 122 Å². The van der Waals surface area contributed by atoms with E-state index in [1.807, 2.05) is 0 Å². The quantitative estimate of drug-likeness (QED) is 0.0817. The number of carbonyl (C=O) groups is 2. The number of carboxylic acid groups (broad SMARTS) is 1. The van der Waals surface area contributed by atoms with Gasteiger partial charge in [-0.15, -0.1) is 0 Å². The van der Waals surface area contributed by atoms with E-state index in [0.717, 1.165) is 56.5 Å². The third-order valence-corrected chi connectivity index (χ3v) is 5.70. The minimum atomic E-state index is -4.87. The van der Waals surface area contributed by atoms with Crippen molar-refractivity contribution < 1.29 is 32.6 Å². The van der Waals surface area contributed by atoms with E-state index < -0.39 is 18.1 Å². The van der Waals surface area contributed by atoms with Gasteiger partial charge in [0.1, 0.15) is 0 Å². The molecule has 0 atom stereocenters. The zero-order valence-electron chi connectivity index (χ0n) is 20.0. The van der Waals surface area contributed by atoms with Gasteiger partial charge >= 0.3 is 18.1 Å². The molecule has 33 heavy (non-hydrogen) atoms. The Balaban J connectivity index is 0. The second kappa shape index (κ2) is 26.0. The van der Waals surface area contributed by atoms with E-state index in [-0.39, 0.29) is 6.61 Å². The number of rotatable bonds is 21. The molecule has 0 aliphatic carbocycles. The molecular formula is C24H45F3O4S2. The maximum absolute atomic E-state index is 11.8. The second-order valence-corrected chi connectivity index (χ2v) is 9.13. The van der Waals surface area contributed by atoms with E-state index in [0.29, 0.717) is 12.8 Å². The fourth-order valence-corrected chi connectivity index (χ4v) is 3.59. The van der Waals surface area contributed by atoms with Gasteiger partial charge < -0.3 is 9.84 Å². The number of hydrogen-bond donors (Lipinski definition) is 3. The van der Waals surface area contributed by atoms with E-state index in [9.17, 15) is 22.8 Å². The lowest BCUT2D eigenvalue weighted by atomic mass is 10.1. The summed E-state index contributed by atoms with van der Waals surface area (Å²) in [4.78, 5) is 20.6. The van der Waals surface area contributed by atoms with Crippen molar-refractivity contribution in [3.05, 3.63) is 0 Å². The molecule has 0 aromatic carbocycles. The Labute approximate surface area is 209 Å². The summed E-state index contributed by atoms with van der Waals surface area (Å²) in [6.45, 7) is -0.139. The van der Waals surface area contributed by atoms with Crippen molar-refractivity contribution in [2.24, 2.45) is 0 Å². The largest absolute Gasteiger partial charge is 0.490 e. The number of hydrogen-bond acceptors (Lipinski definition) is 5. The van der Waals surface area contributed by atoms with Crippen LogP contribution in [-0.4, -0.2) is 41.3 Å². The highest BCUT2D eigenvalue weighted by molar-refractivity contribution is 7.80. The molecule has 0 saturated carbocycles. The molecule has 0 fully saturated rings. The van der Waals surface area contributed by atoms with Crippen LogP contribution in [0.2, 0.25) is 0 Å². The molecule has 9 heteroatoms. The zero-order valence-corrected chi connectivity index (χ0v) is 21.8. The normalized spacial score (nSPS) is 11.1. The highest BCUT2D eigenvalue weighted by atomic mass is 32.1. The van der Waals surface area contributed by atoms with Gasteiger partial charge in [-0.25, -0.2) is 4.79 Å². The number of unbranched alkanes of at least 4 members (excludes halogenated alkanes) is 15. The predicted octanol–water partition coefficient (Wildman–Crippen LogP) is 8.04. The minimum absolute atomic E-state index is 0.139. The molecule has 4 nitrogen and oxygen atoms in total. The monoisotopic (exact) mass is 518 g/mol. The van der Waals surface area contributed by atoms with E-state index >= 15 is 0 Å². The van der Waals surface area contributed by atoms with Gasteiger partial charge in [0, 0.05) is 6.42 Å². The molecule has 0 aromatic rings. The number of alkyl halides is 3. The molecule has 0 aliphatic heterocycles. The summed E-state index contributed by atoms with van der Waals surface area (Å²) in [5.74, 6) is -0.814. The SMILES string of the molecule is O=C(O)CCCCCCCCCCS.O=C(OCCCCCCCCCCCS)C(F)(F)F. The fraction of sp³-hybridized carbons (Fsp3) is 0.917. The average Bonchev–Trinajstić information content (AvgIpc) is 2.76. The van der Waals surface area contributed by atoms with Crippen molar-refractivity contribution in [3.8, 4) is 0 Å². The standard InChI is InChI=1S/C13H23F3O2S.C11H22O2S/c14-13(15,16)12(17)18-10-8-6-4-2-1-3-5-7-9-11-19;12-11(13)9-7-5-3-1-2-4-6-8-10-14/h19H,1-11H2;14H,1-10H2,(H,12,13). The number of halogens is 3. The van der Waals surface area contributed by atoms with Crippen LogP contribution in [0.4, 0.5) is 13.2 Å². The van der Waals surface area contributed by atoms with Crippen LogP contribution in [0.3, 0.4) is 0 Å². The molecule has 0 heterocycles. The van der Waals surface area contributed by atoms with Crippen LogP contribution < -0.4 is 0 Å².